The molecule has 1 aromatic heterocycles. The average Bonchev–Trinajstić information content (AvgIpc) is 2.86. The van der Waals surface area contributed by atoms with Gasteiger partial charge in [0.05, 0.1) is 0 Å². The Labute approximate surface area is 116 Å². The van der Waals surface area contributed by atoms with Gasteiger partial charge in [-0.25, -0.2) is 4.79 Å². The zero-order chi connectivity index (χ0) is 13.9. The van der Waals surface area contributed by atoms with Crippen LogP contribution in [0.1, 0.15) is 53.1 Å². The van der Waals surface area contributed by atoms with Gasteiger partial charge in [0, 0.05) is 12.0 Å². The summed E-state index contributed by atoms with van der Waals surface area (Å²) in [6.45, 7) is 0. The molecule has 0 aromatic carbocycles. The predicted molar refractivity (Wildman–Crippen MR) is 68.3 cm³/mol. The van der Waals surface area contributed by atoms with Gasteiger partial charge in [-0.15, -0.1) is 0 Å². The maximum absolute atomic E-state index is 12.6. The summed E-state index contributed by atoms with van der Waals surface area (Å²) in [5.74, 6) is 1.53. The first-order valence-corrected chi connectivity index (χ1v) is 7.36. The number of rotatable bonds is 3. The minimum Gasteiger partial charge on any atom is -0.476 e. The van der Waals surface area contributed by atoms with E-state index in [2.05, 4.69) is 5.16 Å². The number of hydrogen-bond donors (Lipinski definition) is 1. The normalized spacial score (nSPS) is 38.1. The van der Waals surface area contributed by atoms with Gasteiger partial charge in [0.1, 0.15) is 0 Å². The molecular formula is C15H17NO4. The Hall–Kier alpha value is -1.65. The third-order valence-electron chi connectivity index (χ3n) is 5.50. The van der Waals surface area contributed by atoms with Crippen LogP contribution in [0.5, 0.6) is 0 Å². The molecule has 1 aromatic rings. The lowest BCUT2D eigenvalue weighted by molar-refractivity contribution is -0.0263. The van der Waals surface area contributed by atoms with E-state index in [0.29, 0.717) is 11.8 Å². The van der Waals surface area contributed by atoms with E-state index in [9.17, 15) is 9.59 Å². The van der Waals surface area contributed by atoms with Gasteiger partial charge in [0.25, 0.3) is 0 Å². The molecule has 0 atom stereocenters. The third kappa shape index (κ3) is 1.72. The predicted octanol–water partition coefficient (Wildman–Crippen LogP) is 2.63. The zero-order valence-electron chi connectivity index (χ0n) is 11.1. The number of aromatic nitrogens is 1. The van der Waals surface area contributed by atoms with Crippen molar-refractivity contribution in [3.05, 3.63) is 17.5 Å². The van der Waals surface area contributed by atoms with Gasteiger partial charge in [-0.1, -0.05) is 5.16 Å². The van der Waals surface area contributed by atoms with E-state index in [1.165, 1.54) is 12.5 Å². The van der Waals surface area contributed by atoms with Crippen molar-refractivity contribution in [3.63, 3.8) is 0 Å². The molecule has 5 rings (SSSR count). The Morgan fingerprint density at radius 3 is 2.20 bits per heavy atom. The summed E-state index contributed by atoms with van der Waals surface area (Å²) in [6, 6.07) is 1.27. The van der Waals surface area contributed by atoms with Gasteiger partial charge in [-0.05, 0) is 55.8 Å². The van der Waals surface area contributed by atoms with Crippen molar-refractivity contribution in [2.75, 3.05) is 0 Å². The summed E-state index contributed by atoms with van der Waals surface area (Å²) < 4.78 is 4.96. The van der Waals surface area contributed by atoms with Crippen LogP contribution in [0.25, 0.3) is 0 Å². The van der Waals surface area contributed by atoms with E-state index in [0.717, 1.165) is 37.5 Å². The number of hydrogen-bond acceptors (Lipinski definition) is 4. The van der Waals surface area contributed by atoms with Crippen LogP contribution in [0.4, 0.5) is 0 Å². The Balaban J connectivity index is 1.60. The Morgan fingerprint density at radius 1 is 1.10 bits per heavy atom. The van der Waals surface area contributed by atoms with Crippen molar-refractivity contribution in [1.29, 1.82) is 0 Å². The maximum Gasteiger partial charge on any atom is 0.358 e. The molecular weight excluding hydrogens is 258 g/mol. The van der Waals surface area contributed by atoms with Gasteiger partial charge < -0.3 is 9.63 Å². The number of nitrogens with zero attached hydrogens (tertiary/aromatic N) is 1. The second kappa shape index (κ2) is 4.17. The zero-order valence-corrected chi connectivity index (χ0v) is 11.1. The van der Waals surface area contributed by atoms with Crippen LogP contribution >= 0.6 is 0 Å². The highest BCUT2D eigenvalue weighted by molar-refractivity contribution is 5.97. The molecule has 4 aliphatic carbocycles. The van der Waals surface area contributed by atoms with Crippen LogP contribution in [0.2, 0.25) is 0 Å². The lowest BCUT2D eigenvalue weighted by atomic mass is 9.51. The molecule has 4 saturated carbocycles. The van der Waals surface area contributed by atoms with Crippen LogP contribution in [0, 0.1) is 29.6 Å². The van der Waals surface area contributed by atoms with Gasteiger partial charge in [0.15, 0.2) is 5.69 Å². The highest BCUT2D eigenvalue weighted by Gasteiger charge is 2.51. The number of ketones is 1. The summed E-state index contributed by atoms with van der Waals surface area (Å²) in [4.78, 5) is 23.5. The molecule has 20 heavy (non-hydrogen) atoms. The Kier molecular flexibility index (Phi) is 2.53. The maximum atomic E-state index is 12.6. The van der Waals surface area contributed by atoms with Crippen LogP contribution in [0.3, 0.4) is 0 Å². The Bertz CT molecular complexity index is 548. The number of carboxylic acids is 1. The Morgan fingerprint density at radius 2 is 1.70 bits per heavy atom. The van der Waals surface area contributed by atoms with E-state index >= 15 is 0 Å². The van der Waals surface area contributed by atoms with Gasteiger partial charge in [0.2, 0.25) is 11.5 Å². The lowest BCUT2D eigenvalue weighted by Crippen LogP contribution is -2.47. The largest absolute Gasteiger partial charge is 0.476 e. The minimum absolute atomic E-state index is 0.0254. The molecule has 0 spiro atoms. The molecule has 1 N–H and O–H groups in total. The molecule has 5 nitrogen and oxygen atoms in total. The first-order chi connectivity index (χ1) is 9.61. The number of Topliss-reactive ketones (excluding diaryl/α,β-unsaturated/α-hetero) is 1. The molecule has 4 bridgehead atoms. The fraction of sp³-hybridized carbons (Fsp3) is 0.667. The molecule has 0 amide bonds. The molecule has 5 heteroatoms. The number of carboxylic acid groups (broad SMARTS) is 1. The van der Waals surface area contributed by atoms with E-state index in [1.54, 1.807) is 0 Å². The first-order valence-electron chi connectivity index (χ1n) is 7.36. The quantitative estimate of drug-likeness (QED) is 0.858. The van der Waals surface area contributed by atoms with E-state index in [1.807, 2.05) is 0 Å². The van der Waals surface area contributed by atoms with E-state index < -0.39 is 5.97 Å². The first kappa shape index (κ1) is 12.1. The smallest absolute Gasteiger partial charge is 0.358 e. The molecule has 0 saturated heterocycles. The monoisotopic (exact) mass is 275 g/mol. The topological polar surface area (TPSA) is 80.4 Å². The van der Waals surface area contributed by atoms with Crippen molar-refractivity contribution in [2.45, 2.75) is 32.1 Å². The van der Waals surface area contributed by atoms with Crippen LogP contribution < -0.4 is 0 Å². The number of carbonyl (C=O) groups excluding carboxylic acids is 1. The van der Waals surface area contributed by atoms with Crippen LogP contribution in [-0.4, -0.2) is 22.0 Å². The van der Waals surface area contributed by atoms with Crippen LogP contribution in [0.15, 0.2) is 10.6 Å². The molecule has 4 aliphatic rings. The fourth-order valence-electron chi connectivity index (χ4n) is 5.01. The van der Waals surface area contributed by atoms with Crippen LogP contribution in [-0.2, 0) is 0 Å². The van der Waals surface area contributed by atoms with Crippen molar-refractivity contribution < 1.29 is 19.2 Å². The molecule has 0 radical (unpaired) electrons. The van der Waals surface area contributed by atoms with Crippen molar-refractivity contribution in [2.24, 2.45) is 29.6 Å². The summed E-state index contributed by atoms with van der Waals surface area (Å²) >= 11 is 0. The standard InChI is InChI=1S/C15H17NO4/c17-14(12-6-11(15(18)19)16-20-12)13-9-2-7-1-8(4-9)5-10(13)3-7/h6-10,13H,1-5H2,(H,18,19). The van der Waals surface area contributed by atoms with Crippen molar-refractivity contribution >= 4 is 11.8 Å². The number of carbonyl (C=O) groups is 2. The molecule has 1 heterocycles. The van der Waals surface area contributed by atoms with Gasteiger partial charge >= 0.3 is 5.97 Å². The summed E-state index contributed by atoms with van der Waals surface area (Å²) in [7, 11) is 0. The van der Waals surface area contributed by atoms with Crippen molar-refractivity contribution in [1.82, 2.24) is 5.16 Å². The second-order valence-corrected chi connectivity index (χ2v) is 6.70. The summed E-state index contributed by atoms with van der Waals surface area (Å²) in [5, 5.41) is 12.3. The van der Waals surface area contributed by atoms with Gasteiger partial charge in [-0.2, -0.15) is 0 Å². The molecule has 106 valence electrons. The lowest BCUT2D eigenvalue weighted by Gasteiger charge is -2.53. The summed E-state index contributed by atoms with van der Waals surface area (Å²) in [5.41, 5.74) is -0.183. The SMILES string of the molecule is O=C(O)c1cc(C(=O)C2C3CC4CC(C3)CC2C4)on1. The third-order valence-corrected chi connectivity index (χ3v) is 5.50. The highest BCUT2D eigenvalue weighted by Crippen LogP contribution is 2.57. The molecule has 0 aliphatic heterocycles. The highest BCUT2D eigenvalue weighted by atomic mass is 16.5. The molecule has 0 unspecified atom stereocenters. The van der Waals surface area contributed by atoms with Crippen molar-refractivity contribution in [3.8, 4) is 0 Å². The fourth-order valence-corrected chi connectivity index (χ4v) is 5.01. The summed E-state index contributed by atoms with van der Waals surface area (Å²) in [6.07, 6.45) is 5.97. The molecule has 4 fully saturated rings. The van der Waals surface area contributed by atoms with Gasteiger partial charge in [-0.3, -0.25) is 4.79 Å². The number of aromatic carboxylic acids is 1. The van der Waals surface area contributed by atoms with E-state index in [4.69, 9.17) is 9.63 Å². The second-order valence-electron chi connectivity index (χ2n) is 6.70. The minimum atomic E-state index is -1.15. The van der Waals surface area contributed by atoms with E-state index in [-0.39, 0.29) is 23.2 Å². The average molecular weight is 275 g/mol.